The Bertz CT molecular complexity index is 636. The molecule has 6 nitrogen and oxygen atoms in total. The molecule has 0 amide bonds. The highest BCUT2D eigenvalue weighted by molar-refractivity contribution is 7.13. The van der Waals surface area contributed by atoms with Crippen molar-refractivity contribution < 1.29 is 9.90 Å². The molecule has 110 valence electrons. The van der Waals surface area contributed by atoms with Gasteiger partial charge in [-0.15, -0.1) is 11.3 Å². The number of hydrogen-bond acceptors (Lipinski definition) is 6. The number of anilines is 2. The highest BCUT2D eigenvalue weighted by atomic mass is 32.1. The molecule has 0 bridgehead atoms. The van der Waals surface area contributed by atoms with Crippen LogP contribution in [0.5, 0.6) is 0 Å². The van der Waals surface area contributed by atoms with Crippen LogP contribution in [-0.4, -0.2) is 47.2 Å². The SMILES string of the molecule is Cc1cc(N2CCN(c3nccs3)CC2)c(C(=O)O)cn1. The fraction of sp³-hybridized carbons (Fsp3) is 0.357. The molecule has 0 aliphatic carbocycles. The molecule has 0 saturated carbocycles. The number of thiazole rings is 1. The summed E-state index contributed by atoms with van der Waals surface area (Å²) in [4.78, 5) is 24.1. The van der Waals surface area contributed by atoms with E-state index < -0.39 is 5.97 Å². The van der Waals surface area contributed by atoms with Gasteiger partial charge in [-0.3, -0.25) is 4.98 Å². The number of aryl methyl sites for hydroxylation is 1. The molecule has 1 fully saturated rings. The molecule has 0 radical (unpaired) electrons. The molecule has 0 atom stereocenters. The second-order valence-electron chi connectivity index (χ2n) is 4.94. The largest absolute Gasteiger partial charge is 0.478 e. The van der Waals surface area contributed by atoms with E-state index in [9.17, 15) is 9.90 Å². The monoisotopic (exact) mass is 304 g/mol. The predicted octanol–water partition coefficient (Wildman–Crippen LogP) is 1.87. The lowest BCUT2D eigenvalue weighted by atomic mass is 10.1. The minimum absolute atomic E-state index is 0.267. The van der Waals surface area contributed by atoms with Crippen molar-refractivity contribution in [2.24, 2.45) is 0 Å². The summed E-state index contributed by atoms with van der Waals surface area (Å²) < 4.78 is 0. The first-order chi connectivity index (χ1) is 10.1. The van der Waals surface area contributed by atoms with Crippen LogP contribution in [0.3, 0.4) is 0 Å². The maximum Gasteiger partial charge on any atom is 0.339 e. The molecule has 1 aliphatic heterocycles. The first-order valence-electron chi connectivity index (χ1n) is 6.74. The van der Waals surface area contributed by atoms with Crippen LogP contribution >= 0.6 is 11.3 Å². The zero-order valence-corrected chi connectivity index (χ0v) is 12.5. The number of carbonyl (C=O) groups is 1. The fourth-order valence-electron chi connectivity index (χ4n) is 2.48. The fourth-order valence-corrected chi connectivity index (χ4v) is 3.18. The van der Waals surface area contributed by atoms with Gasteiger partial charge in [0.25, 0.3) is 0 Å². The number of hydrogen-bond donors (Lipinski definition) is 1. The molecule has 1 saturated heterocycles. The molecule has 1 aliphatic rings. The van der Waals surface area contributed by atoms with Crippen molar-refractivity contribution in [3.63, 3.8) is 0 Å². The number of aromatic carboxylic acids is 1. The Labute approximate surface area is 126 Å². The summed E-state index contributed by atoms with van der Waals surface area (Å²) in [6.45, 7) is 5.12. The van der Waals surface area contributed by atoms with Crippen LogP contribution in [0.1, 0.15) is 16.1 Å². The summed E-state index contributed by atoms with van der Waals surface area (Å²) >= 11 is 1.63. The maximum atomic E-state index is 11.3. The molecular formula is C14H16N4O2S. The van der Waals surface area contributed by atoms with Gasteiger partial charge in [-0.05, 0) is 13.0 Å². The lowest BCUT2D eigenvalue weighted by Crippen LogP contribution is -2.47. The average molecular weight is 304 g/mol. The minimum Gasteiger partial charge on any atom is -0.478 e. The summed E-state index contributed by atoms with van der Waals surface area (Å²) in [5.74, 6) is -0.931. The Morgan fingerprint density at radius 1 is 1.24 bits per heavy atom. The van der Waals surface area contributed by atoms with Crippen molar-refractivity contribution in [3.05, 3.63) is 35.1 Å². The molecule has 2 aromatic rings. The topological polar surface area (TPSA) is 69.6 Å². The van der Waals surface area contributed by atoms with Gasteiger partial charge >= 0.3 is 5.97 Å². The number of carboxylic acid groups (broad SMARTS) is 1. The van der Waals surface area contributed by atoms with E-state index in [4.69, 9.17) is 0 Å². The number of piperazine rings is 1. The van der Waals surface area contributed by atoms with E-state index in [1.54, 1.807) is 17.5 Å². The number of rotatable bonds is 3. The number of carboxylic acids is 1. The lowest BCUT2D eigenvalue weighted by molar-refractivity contribution is 0.0697. The van der Waals surface area contributed by atoms with E-state index in [2.05, 4.69) is 19.8 Å². The Hall–Kier alpha value is -2.15. The van der Waals surface area contributed by atoms with E-state index >= 15 is 0 Å². The lowest BCUT2D eigenvalue weighted by Gasteiger charge is -2.36. The third kappa shape index (κ3) is 2.82. The number of aromatic nitrogens is 2. The van der Waals surface area contributed by atoms with Crippen LogP contribution in [0, 0.1) is 6.92 Å². The second kappa shape index (κ2) is 5.69. The zero-order valence-electron chi connectivity index (χ0n) is 11.7. The van der Waals surface area contributed by atoms with E-state index in [0.29, 0.717) is 0 Å². The normalized spacial score (nSPS) is 15.3. The van der Waals surface area contributed by atoms with E-state index in [-0.39, 0.29) is 5.56 Å². The van der Waals surface area contributed by atoms with Crippen LogP contribution in [0.15, 0.2) is 23.8 Å². The van der Waals surface area contributed by atoms with Gasteiger partial charge in [0, 0.05) is 49.6 Å². The van der Waals surface area contributed by atoms with Gasteiger partial charge in [0.15, 0.2) is 5.13 Å². The van der Waals surface area contributed by atoms with Crippen molar-refractivity contribution in [2.75, 3.05) is 36.0 Å². The molecule has 21 heavy (non-hydrogen) atoms. The van der Waals surface area contributed by atoms with E-state index in [1.807, 2.05) is 18.4 Å². The van der Waals surface area contributed by atoms with Crippen molar-refractivity contribution in [2.45, 2.75) is 6.92 Å². The highest BCUT2D eigenvalue weighted by Crippen LogP contribution is 2.25. The first kappa shape index (κ1) is 13.8. The first-order valence-corrected chi connectivity index (χ1v) is 7.62. The molecule has 3 rings (SSSR count). The molecule has 0 aromatic carbocycles. The van der Waals surface area contributed by atoms with E-state index in [0.717, 1.165) is 42.7 Å². The maximum absolute atomic E-state index is 11.3. The highest BCUT2D eigenvalue weighted by Gasteiger charge is 2.22. The van der Waals surface area contributed by atoms with Gasteiger partial charge in [0.1, 0.15) is 5.56 Å². The standard InChI is InChI=1S/C14H16N4O2S/c1-10-8-12(11(9-16-10)13(19)20)17-3-5-18(6-4-17)14-15-2-7-21-14/h2,7-9H,3-6H2,1H3,(H,19,20). The Morgan fingerprint density at radius 2 is 1.95 bits per heavy atom. The number of nitrogens with zero attached hydrogens (tertiary/aromatic N) is 4. The van der Waals surface area contributed by atoms with Gasteiger partial charge in [0.05, 0.1) is 5.69 Å². The van der Waals surface area contributed by atoms with Crippen LogP contribution in [0.2, 0.25) is 0 Å². The van der Waals surface area contributed by atoms with Crippen LogP contribution in [-0.2, 0) is 0 Å². The number of pyridine rings is 1. The minimum atomic E-state index is -0.931. The van der Waals surface area contributed by atoms with Crippen LogP contribution in [0.4, 0.5) is 10.8 Å². The van der Waals surface area contributed by atoms with Crippen LogP contribution in [0.25, 0.3) is 0 Å². The van der Waals surface area contributed by atoms with Crippen molar-refractivity contribution >= 4 is 28.1 Å². The van der Waals surface area contributed by atoms with Crippen molar-refractivity contribution in [1.82, 2.24) is 9.97 Å². The molecule has 0 spiro atoms. The molecule has 0 unspecified atom stereocenters. The average Bonchev–Trinajstić information content (AvgIpc) is 3.01. The summed E-state index contributed by atoms with van der Waals surface area (Å²) in [7, 11) is 0. The predicted molar refractivity (Wildman–Crippen MR) is 82.5 cm³/mol. The molecular weight excluding hydrogens is 288 g/mol. The smallest absolute Gasteiger partial charge is 0.339 e. The summed E-state index contributed by atoms with van der Waals surface area (Å²) in [5.41, 5.74) is 1.86. The van der Waals surface area contributed by atoms with E-state index in [1.165, 1.54) is 6.20 Å². The third-order valence-electron chi connectivity index (χ3n) is 3.56. The summed E-state index contributed by atoms with van der Waals surface area (Å²) in [5, 5.41) is 12.3. The van der Waals surface area contributed by atoms with Crippen molar-refractivity contribution in [1.29, 1.82) is 0 Å². The Kier molecular flexibility index (Phi) is 3.74. The molecule has 1 N–H and O–H groups in total. The van der Waals surface area contributed by atoms with Gasteiger partial charge < -0.3 is 14.9 Å². The summed E-state index contributed by atoms with van der Waals surface area (Å²) in [6.07, 6.45) is 3.25. The Morgan fingerprint density at radius 3 is 2.57 bits per heavy atom. The van der Waals surface area contributed by atoms with Crippen molar-refractivity contribution in [3.8, 4) is 0 Å². The molecule has 7 heteroatoms. The quantitative estimate of drug-likeness (QED) is 0.933. The Balaban J connectivity index is 1.78. The van der Waals surface area contributed by atoms with Gasteiger partial charge in [-0.1, -0.05) is 0 Å². The summed E-state index contributed by atoms with van der Waals surface area (Å²) in [6, 6.07) is 1.85. The van der Waals surface area contributed by atoms with Gasteiger partial charge in [-0.2, -0.15) is 0 Å². The van der Waals surface area contributed by atoms with Gasteiger partial charge in [0.2, 0.25) is 0 Å². The second-order valence-corrected chi connectivity index (χ2v) is 5.81. The third-order valence-corrected chi connectivity index (χ3v) is 4.39. The van der Waals surface area contributed by atoms with Crippen LogP contribution < -0.4 is 9.80 Å². The van der Waals surface area contributed by atoms with Gasteiger partial charge in [-0.25, -0.2) is 9.78 Å². The molecule has 2 aromatic heterocycles. The zero-order chi connectivity index (χ0) is 14.8. The molecule has 3 heterocycles.